The molecule has 6 rings (SSSR count). The van der Waals surface area contributed by atoms with Crippen LogP contribution in [-0.4, -0.2) is 0 Å². The topological polar surface area (TPSA) is 9.23 Å². The van der Waals surface area contributed by atoms with Crippen molar-refractivity contribution in [3.05, 3.63) is 144 Å². The molecule has 0 heterocycles. The highest BCUT2D eigenvalue weighted by Gasteiger charge is 2.45. The predicted molar refractivity (Wildman–Crippen MR) is 136 cm³/mol. The third kappa shape index (κ3) is 3.24. The van der Waals surface area contributed by atoms with Gasteiger partial charge in [-0.1, -0.05) is 104 Å². The Bertz CT molecular complexity index is 1320. The van der Waals surface area contributed by atoms with Crippen LogP contribution < -0.4 is 4.74 Å². The van der Waals surface area contributed by atoms with Crippen molar-refractivity contribution >= 4 is 0 Å². The lowest BCUT2D eigenvalue weighted by atomic mass is 9.64. The molecule has 1 unspecified atom stereocenters. The van der Waals surface area contributed by atoms with Crippen molar-refractivity contribution in [2.24, 2.45) is 0 Å². The molecule has 0 saturated carbocycles. The average molecular weight is 427 g/mol. The Morgan fingerprint density at radius 2 is 1.24 bits per heavy atom. The van der Waals surface area contributed by atoms with Gasteiger partial charge in [0.15, 0.2) is 0 Å². The fourth-order valence-electron chi connectivity index (χ4n) is 5.61. The molecule has 0 spiro atoms. The number of hydrogen-bond donors (Lipinski definition) is 0. The van der Waals surface area contributed by atoms with Gasteiger partial charge in [0.05, 0.1) is 0 Å². The van der Waals surface area contributed by atoms with E-state index < -0.39 is 0 Å². The maximum absolute atomic E-state index is 6.08. The molecule has 160 valence electrons. The number of rotatable bonds is 5. The van der Waals surface area contributed by atoms with Crippen LogP contribution in [0.3, 0.4) is 0 Å². The van der Waals surface area contributed by atoms with Crippen molar-refractivity contribution < 1.29 is 4.74 Å². The lowest BCUT2D eigenvalue weighted by Crippen LogP contribution is -2.32. The van der Waals surface area contributed by atoms with Crippen molar-refractivity contribution in [3.8, 4) is 22.6 Å². The van der Waals surface area contributed by atoms with E-state index in [1.54, 1.807) is 0 Å². The zero-order valence-corrected chi connectivity index (χ0v) is 18.7. The number of allylic oxidation sites excluding steroid dienone is 4. The summed E-state index contributed by atoms with van der Waals surface area (Å²) in [5, 5.41) is 0. The zero-order chi connectivity index (χ0) is 22.3. The molecule has 0 saturated heterocycles. The van der Waals surface area contributed by atoms with E-state index >= 15 is 0 Å². The Labute approximate surface area is 195 Å². The van der Waals surface area contributed by atoms with E-state index in [9.17, 15) is 0 Å². The van der Waals surface area contributed by atoms with E-state index in [0.29, 0.717) is 0 Å². The largest absolute Gasteiger partial charge is 0.457 e. The first kappa shape index (κ1) is 19.8. The van der Waals surface area contributed by atoms with Gasteiger partial charge in [-0.25, -0.2) is 0 Å². The fourth-order valence-corrected chi connectivity index (χ4v) is 5.61. The Morgan fingerprint density at radius 3 is 1.85 bits per heavy atom. The highest BCUT2D eigenvalue weighted by Crippen LogP contribution is 2.57. The summed E-state index contributed by atoms with van der Waals surface area (Å²) in [6, 6.07) is 36.5. The van der Waals surface area contributed by atoms with Gasteiger partial charge in [-0.3, -0.25) is 0 Å². The van der Waals surface area contributed by atoms with Crippen LogP contribution in [0.4, 0.5) is 0 Å². The van der Waals surface area contributed by atoms with Crippen LogP contribution in [0, 0.1) is 0 Å². The minimum Gasteiger partial charge on any atom is -0.457 e. The van der Waals surface area contributed by atoms with E-state index in [2.05, 4.69) is 97.9 Å². The lowest BCUT2D eigenvalue weighted by Gasteiger charge is -2.39. The predicted octanol–water partition coefficient (Wildman–Crippen LogP) is 8.44. The SMILES string of the molecule is CC(C1=CCC=C1)(c1ccc(Oc2ccccc2)cc1)C1c2ccccc2-c2ccccc21. The molecule has 2 aliphatic carbocycles. The normalized spacial score (nSPS) is 16.1. The first-order chi connectivity index (χ1) is 16.2. The summed E-state index contributed by atoms with van der Waals surface area (Å²) in [5.41, 5.74) is 8.03. The lowest BCUT2D eigenvalue weighted by molar-refractivity contribution is 0.478. The van der Waals surface area contributed by atoms with Crippen molar-refractivity contribution in [2.45, 2.75) is 24.7 Å². The minimum absolute atomic E-state index is 0.193. The van der Waals surface area contributed by atoms with Gasteiger partial charge in [0.2, 0.25) is 0 Å². The summed E-state index contributed by atoms with van der Waals surface area (Å²) in [6.45, 7) is 2.41. The number of fused-ring (bicyclic) bond motifs is 3. The van der Waals surface area contributed by atoms with Crippen molar-refractivity contribution in [1.29, 1.82) is 0 Å². The van der Waals surface area contributed by atoms with Crippen LogP contribution in [0.25, 0.3) is 11.1 Å². The molecule has 0 bridgehead atoms. The highest BCUT2D eigenvalue weighted by molar-refractivity contribution is 5.80. The van der Waals surface area contributed by atoms with Gasteiger partial charge < -0.3 is 4.74 Å². The first-order valence-corrected chi connectivity index (χ1v) is 11.6. The number of para-hydroxylation sites is 1. The quantitative estimate of drug-likeness (QED) is 0.311. The molecule has 0 aromatic heterocycles. The third-order valence-electron chi connectivity index (χ3n) is 7.21. The second kappa shape index (κ2) is 7.94. The van der Waals surface area contributed by atoms with Crippen LogP contribution in [0.2, 0.25) is 0 Å². The Balaban J connectivity index is 1.48. The van der Waals surface area contributed by atoms with Crippen molar-refractivity contribution in [2.75, 3.05) is 0 Å². The van der Waals surface area contributed by atoms with Gasteiger partial charge in [0, 0.05) is 11.3 Å². The van der Waals surface area contributed by atoms with E-state index in [1.807, 2.05) is 30.3 Å². The Hall–Kier alpha value is -3.84. The molecule has 1 heteroatoms. The summed E-state index contributed by atoms with van der Waals surface area (Å²) in [7, 11) is 0. The maximum atomic E-state index is 6.08. The van der Waals surface area contributed by atoms with E-state index in [-0.39, 0.29) is 11.3 Å². The van der Waals surface area contributed by atoms with Gasteiger partial charge in [0.25, 0.3) is 0 Å². The summed E-state index contributed by atoms with van der Waals surface area (Å²) in [5.74, 6) is 1.96. The standard InChI is InChI=1S/C32H26O/c1-32(23-11-5-6-12-23,24-19-21-26(22-20-24)33-25-13-3-2-4-14-25)31-29-17-9-7-15-27(29)28-16-8-10-18-30(28)31/h2-5,7-22,31H,6H2,1H3. The molecule has 2 aliphatic rings. The Kier molecular flexibility index (Phi) is 4.77. The van der Waals surface area contributed by atoms with E-state index in [0.717, 1.165) is 17.9 Å². The molecule has 33 heavy (non-hydrogen) atoms. The summed E-state index contributed by atoms with van der Waals surface area (Å²) in [4.78, 5) is 0. The van der Waals surface area contributed by atoms with E-state index in [1.165, 1.54) is 33.4 Å². The number of hydrogen-bond acceptors (Lipinski definition) is 1. The van der Waals surface area contributed by atoms with Gasteiger partial charge >= 0.3 is 0 Å². The smallest absolute Gasteiger partial charge is 0.127 e. The average Bonchev–Trinajstić information content (AvgIpc) is 3.52. The second-order valence-corrected chi connectivity index (χ2v) is 9.05. The second-order valence-electron chi connectivity index (χ2n) is 9.05. The molecule has 4 aromatic rings. The fraction of sp³-hybridized carbons (Fsp3) is 0.125. The van der Waals surface area contributed by atoms with E-state index in [4.69, 9.17) is 4.74 Å². The van der Waals surface area contributed by atoms with Crippen LogP contribution in [-0.2, 0) is 5.41 Å². The highest BCUT2D eigenvalue weighted by atomic mass is 16.5. The zero-order valence-electron chi connectivity index (χ0n) is 18.7. The molecular formula is C32H26O. The van der Waals surface area contributed by atoms with Gasteiger partial charge in [-0.2, -0.15) is 0 Å². The van der Waals surface area contributed by atoms with Crippen LogP contribution >= 0.6 is 0 Å². The summed E-state index contributed by atoms with van der Waals surface area (Å²) < 4.78 is 6.08. The summed E-state index contributed by atoms with van der Waals surface area (Å²) >= 11 is 0. The molecular weight excluding hydrogens is 400 g/mol. The van der Waals surface area contributed by atoms with Crippen LogP contribution in [0.5, 0.6) is 11.5 Å². The molecule has 1 nitrogen and oxygen atoms in total. The Morgan fingerprint density at radius 1 is 0.667 bits per heavy atom. The third-order valence-corrected chi connectivity index (χ3v) is 7.21. The van der Waals surface area contributed by atoms with Gasteiger partial charge in [-0.15, -0.1) is 0 Å². The molecule has 0 fully saturated rings. The number of benzene rings is 4. The minimum atomic E-state index is -0.193. The first-order valence-electron chi connectivity index (χ1n) is 11.6. The van der Waals surface area contributed by atoms with Crippen molar-refractivity contribution in [3.63, 3.8) is 0 Å². The molecule has 4 aromatic carbocycles. The van der Waals surface area contributed by atoms with Gasteiger partial charge in [0.1, 0.15) is 11.5 Å². The number of ether oxygens (including phenoxy) is 1. The monoisotopic (exact) mass is 426 g/mol. The van der Waals surface area contributed by atoms with Crippen molar-refractivity contribution in [1.82, 2.24) is 0 Å². The molecule has 0 N–H and O–H groups in total. The molecule has 0 aliphatic heterocycles. The van der Waals surface area contributed by atoms with Crippen LogP contribution in [0.15, 0.2) is 127 Å². The molecule has 0 radical (unpaired) electrons. The summed E-state index contributed by atoms with van der Waals surface area (Å²) in [6.07, 6.45) is 7.97. The molecule has 1 atom stereocenters. The van der Waals surface area contributed by atoms with Crippen LogP contribution in [0.1, 0.15) is 36.0 Å². The molecule has 0 amide bonds. The van der Waals surface area contributed by atoms with Gasteiger partial charge in [-0.05, 0) is 64.1 Å². The maximum Gasteiger partial charge on any atom is 0.127 e.